The Morgan fingerprint density at radius 1 is 1.30 bits per heavy atom. The van der Waals surface area contributed by atoms with Crippen molar-refractivity contribution < 1.29 is 14.3 Å². The summed E-state index contributed by atoms with van der Waals surface area (Å²) >= 11 is 0. The number of hydrogen-bond acceptors (Lipinski definition) is 4. The second kappa shape index (κ2) is 8.53. The van der Waals surface area contributed by atoms with Crippen LogP contribution in [0.1, 0.15) is 25.3 Å². The molecule has 2 rings (SSSR count). The Morgan fingerprint density at radius 3 is 2.83 bits per heavy atom. The molecule has 1 aromatic rings. The third kappa shape index (κ3) is 4.96. The van der Waals surface area contributed by atoms with Crippen molar-refractivity contribution >= 4 is 11.8 Å². The van der Waals surface area contributed by atoms with E-state index in [1.54, 1.807) is 7.11 Å². The molecule has 0 unspecified atom stereocenters. The zero-order valence-electron chi connectivity index (χ0n) is 13.8. The first-order valence-corrected chi connectivity index (χ1v) is 8.07. The van der Waals surface area contributed by atoms with Crippen LogP contribution in [-0.4, -0.2) is 49.5 Å². The molecule has 23 heavy (non-hydrogen) atoms. The van der Waals surface area contributed by atoms with Crippen LogP contribution < -0.4 is 15.4 Å². The number of nitrogens with one attached hydrogen (secondary N) is 2. The zero-order chi connectivity index (χ0) is 16.7. The fraction of sp³-hybridized carbons (Fsp3) is 0.529. The molecule has 1 aliphatic heterocycles. The third-order valence-electron chi connectivity index (χ3n) is 4.20. The van der Waals surface area contributed by atoms with Crippen LogP contribution in [0.25, 0.3) is 0 Å². The van der Waals surface area contributed by atoms with Crippen LogP contribution in [0.3, 0.4) is 0 Å². The van der Waals surface area contributed by atoms with Gasteiger partial charge in [0.05, 0.1) is 7.11 Å². The molecule has 1 aromatic carbocycles. The van der Waals surface area contributed by atoms with Crippen LogP contribution in [0.4, 0.5) is 0 Å². The molecule has 0 radical (unpaired) electrons. The number of hydrogen-bond donors (Lipinski definition) is 2. The summed E-state index contributed by atoms with van der Waals surface area (Å²) in [4.78, 5) is 26.1. The topological polar surface area (TPSA) is 70.7 Å². The highest BCUT2D eigenvalue weighted by atomic mass is 16.5. The molecular formula is C17H25N3O3. The molecule has 1 heterocycles. The van der Waals surface area contributed by atoms with Crippen molar-refractivity contribution in [1.82, 2.24) is 15.5 Å². The maximum atomic E-state index is 11.9. The molecule has 1 aliphatic rings. The van der Waals surface area contributed by atoms with Gasteiger partial charge in [0.1, 0.15) is 5.75 Å². The highest BCUT2D eigenvalue weighted by Gasteiger charge is 2.24. The van der Waals surface area contributed by atoms with E-state index in [2.05, 4.69) is 22.5 Å². The Balaban J connectivity index is 1.75. The van der Waals surface area contributed by atoms with Gasteiger partial charge in [-0.1, -0.05) is 19.1 Å². The van der Waals surface area contributed by atoms with Gasteiger partial charge in [-0.05, 0) is 43.6 Å². The minimum absolute atomic E-state index is 0.300. The summed E-state index contributed by atoms with van der Waals surface area (Å²) in [5.74, 6) is -0.452. The highest BCUT2D eigenvalue weighted by Crippen LogP contribution is 2.15. The molecule has 0 bridgehead atoms. The van der Waals surface area contributed by atoms with Gasteiger partial charge in [0, 0.05) is 19.1 Å². The largest absolute Gasteiger partial charge is 0.497 e. The molecule has 0 aliphatic carbocycles. The molecule has 126 valence electrons. The Kier molecular flexibility index (Phi) is 6.40. The minimum atomic E-state index is -0.603. The van der Waals surface area contributed by atoms with Crippen LogP contribution in [0, 0.1) is 0 Å². The van der Waals surface area contributed by atoms with E-state index < -0.39 is 11.8 Å². The van der Waals surface area contributed by atoms with Gasteiger partial charge in [-0.15, -0.1) is 0 Å². The monoisotopic (exact) mass is 319 g/mol. The number of methoxy groups -OCH3 is 1. The molecule has 2 N–H and O–H groups in total. The number of carbonyl (C=O) groups is 2. The summed E-state index contributed by atoms with van der Waals surface area (Å²) in [7, 11) is 1.59. The molecule has 0 saturated carbocycles. The van der Waals surface area contributed by atoms with Crippen LogP contribution >= 0.6 is 0 Å². The third-order valence-corrected chi connectivity index (χ3v) is 4.20. The maximum Gasteiger partial charge on any atom is 0.309 e. The number of likely N-dealkylation sites (tertiary alicyclic amines) is 1. The standard InChI is InChI=1S/C17H25N3O3/c1-3-20-9-5-7-14(20)12-19-17(22)16(21)18-11-13-6-4-8-15(10-13)23-2/h4,6,8,10,14H,3,5,7,9,11-12H2,1-2H3,(H,18,21)(H,19,22)/t14-/m1/s1. The Morgan fingerprint density at radius 2 is 2.09 bits per heavy atom. The highest BCUT2D eigenvalue weighted by molar-refractivity contribution is 6.35. The second-order valence-electron chi connectivity index (χ2n) is 5.67. The van der Waals surface area contributed by atoms with Crippen molar-refractivity contribution in [2.75, 3.05) is 26.7 Å². The molecule has 1 atom stereocenters. The van der Waals surface area contributed by atoms with Crippen LogP contribution in [0.2, 0.25) is 0 Å². The van der Waals surface area contributed by atoms with Crippen molar-refractivity contribution in [3.05, 3.63) is 29.8 Å². The van der Waals surface area contributed by atoms with Crippen molar-refractivity contribution in [3.8, 4) is 5.75 Å². The van der Waals surface area contributed by atoms with Crippen LogP contribution in [0.5, 0.6) is 5.75 Å². The van der Waals surface area contributed by atoms with Gasteiger partial charge in [-0.25, -0.2) is 0 Å². The van der Waals surface area contributed by atoms with Crippen LogP contribution in [0.15, 0.2) is 24.3 Å². The number of rotatable bonds is 6. The number of benzene rings is 1. The summed E-state index contributed by atoms with van der Waals surface area (Å²) in [5.41, 5.74) is 0.887. The van der Waals surface area contributed by atoms with Gasteiger partial charge in [0.15, 0.2) is 0 Å². The summed E-state index contributed by atoms with van der Waals surface area (Å²) in [5, 5.41) is 5.36. The van der Waals surface area contributed by atoms with E-state index in [9.17, 15) is 9.59 Å². The smallest absolute Gasteiger partial charge is 0.309 e. The van der Waals surface area contributed by atoms with Crippen LogP contribution in [-0.2, 0) is 16.1 Å². The predicted octanol–water partition coefficient (Wildman–Crippen LogP) is 0.912. The molecule has 1 fully saturated rings. The number of nitrogens with zero attached hydrogens (tertiary/aromatic N) is 1. The van der Waals surface area contributed by atoms with E-state index in [4.69, 9.17) is 4.74 Å². The number of carbonyl (C=O) groups excluding carboxylic acids is 2. The SMILES string of the molecule is CCN1CCC[C@@H]1CNC(=O)C(=O)NCc1cccc(OC)c1. The second-order valence-corrected chi connectivity index (χ2v) is 5.67. The summed E-state index contributed by atoms with van der Waals surface area (Å²) in [6.07, 6.45) is 2.22. The number of likely N-dealkylation sites (N-methyl/N-ethyl adjacent to an activating group) is 1. The van der Waals surface area contributed by atoms with E-state index in [1.807, 2.05) is 24.3 Å². The first-order valence-electron chi connectivity index (χ1n) is 8.07. The fourth-order valence-electron chi connectivity index (χ4n) is 2.88. The van der Waals surface area contributed by atoms with Crippen molar-refractivity contribution in [2.24, 2.45) is 0 Å². The maximum absolute atomic E-state index is 11.9. The van der Waals surface area contributed by atoms with Crippen molar-refractivity contribution in [2.45, 2.75) is 32.4 Å². The summed E-state index contributed by atoms with van der Waals surface area (Å²) in [6, 6.07) is 7.72. The Bertz CT molecular complexity index is 548. The number of ether oxygens (including phenoxy) is 1. The number of amides is 2. The lowest BCUT2D eigenvalue weighted by molar-refractivity contribution is -0.139. The first kappa shape index (κ1) is 17.3. The van der Waals surface area contributed by atoms with E-state index in [-0.39, 0.29) is 0 Å². The van der Waals surface area contributed by atoms with E-state index >= 15 is 0 Å². The van der Waals surface area contributed by atoms with Crippen molar-refractivity contribution in [3.63, 3.8) is 0 Å². The molecule has 2 amide bonds. The van der Waals surface area contributed by atoms with E-state index in [0.29, 0.717) is 19.1 Å². The van der Waals surface area contributed by atoms with Gasteiger partial charge in [0.25, 0.3) is 0 Å². The first-order chi connectivity index (χ1) is 11.1. The van der Waals surface area contributed by atoms with Gasteiger partial charge < -0.3 is 15.4 Å². The average molecular weight is 319 g/mol. The average Bonchev–Trinajstić information content (AvgIpc) is 3.05. The van der Waals surface area contributed by atoms with Gasteiger partial charge in [-0.2, -0.15) is 0 Å². The van der Waals surface area contributed by atoms with E-state index in [0.717, 1.165) is 37.2 Å². The normalized spacial score (nSPS) is 17.7. The van der Waals surface area contributed by atoms with Gasteiger partial charge >= 0.3 is 11.8 Å². The van der Waals surface area contributed by atoms with Gasteiger partial charge in [-0.3, -0.25) is 14.5 Å². The van der Waals surface area contributed by atoms with Gasteiger partial charge in [0.2, 0.25) is 0 Å². The Labute approximate surface area is 137 Å². The molecule has 6 nitrogen and oxygen atoms in total. The minimum Gasteiger partial charge on any atom is -0.497 e. The fourth-order valence-corrected chi connectivity index (χ4v) is 2.88. The zero-order valence-corrected chi connectivity index (χ0v) is 13.8. The lowest BCUT2D eigenvalue weighted by atomic mass is 10.2. The summed E-state index contributed by atoms with van der Waals surface area (Å²) in [6.45, 7) is 4.98. The predicted molar refractivity (Wildman–Crippen MR) is 88.1 cm³/mol. The molecule has 0 spiro atoms. The van der Waals surface area contributed by atoms with E-state index in [1.165, 1.54) is 0 Å². The quantitative estimate of drug-likeness (QED) is 0.765. The lowest BCUT2D eigenvalue weighted by Gasteiger charge is -2.22. The molecule has 1 saturated heterocycles. The molecular weight excluding hydrogens is 294 g/mol. The summed E-state index contributed by atoms with van der Waals surface area (Å²) < 4.78 is 5.13. The lowest BCUT2D eigenvalue weighted by Crippen LogP contribution is -2.45. The molecule has 6 heteroatoms. The Hall–Kier alpha value is -2.08. The molecule has 0 aromatic heterocycles. The van der Waals surface area contributed by atoms with Crippen molar-refractivity contribution in [1.29, 1.82) is 0 Å².